The van der Waals surface area contributed by atoms with Gasteiger partial charge in [0.25, 0.3) is 5.79 Å². The van der Waals surface area contributed by atoms with E-state index < -0.39 is 17.4 Å². The number of hydrogen-bond donors (Lipinski definition) is 1. The zero-order valence-electron chi connectivity index (χ0n) is 14.9. The molecule has 1 aliphatic heterocycles. The number of aliphatic hydroxyl groups is 1. The zero-order chi connectivity index (χ0) is 18.9. The number of ether oxygens (including phenoxy) is 5. The highest BCUT2D eigenvalue weighted by atomic mass is 16.8. The number of para-hydroxylation sites is 1. The van der Waals surface area contributed by atoms with E-state index in [1.165, 1.54) is 28.4 Å². The minimum absolute atomic E-state index is 0.199. The van der Waals surface area contributed by atoms with Crippen molar-refractivity contribution in [1.82, 2.24) is 0 Å². The van der Waals surface area contributed by atoms with Crippen molar-refractivity contribution in [2.75, 3.05) is 28.4 Å². The van der Waals surface area contributed by atoms with Gasteiger partial charge in [-0.2, -0.15) is 0 Å². The molecule has 0 spiro atoms. The van der Waals surface area contributed by atoms with Gasteiger partial charge in [0.1, 0.15) is 5.75 Å². The lowest BCUT2D eigenvalue weighted by Crippen LogP contribution is -2.64. The number of benzene rings is 2. The zero-order valence-corrected chi connectivity index (χ0v) is 14.9. The first-order chi connectivity index (χ1) is 12.5. The summed E-state index contributed by atoms with van der Waals surface area (Å²) in [5.41, 5.74) is 0.523. The Morgan fingerprint density at radius 2 is 1.62 bits per heavy atom. The quantitative estimate of drug-likeness (QED) is 0.818. The Balaban J connectivity index is 2.26. The first-order valence-corrected chi connectivity index (χ1v) is 7.85. The molecule has 1 heterocycles. The Hall–Kier alpha value is -2.61. The fourth-order valence-electron chi connectivity index (χ4n) is 3.12. The van der Waals surface area contributed by atoms with E-state index in [-0.39, 0.29) is 11.3 Å². The molecule has 0 saturated heterocycles. The van der Waals surface area contributed by atoms with Gasteiger partial charge in [-0.1, -0.05) is 12.1 Å². The number of carbonyl (C=O) groups is 1. The average molecular weight is 360 g/mol. The molecule has 3 rings (SSSR count). The van der Waals surface area contributed by atoms with Crippen molar-refractivity contribution in [3.63, 3.8) is 0 Å². The van der Waals surface area contributed by atoms with Crippen LogP contribution in [0.15, 0.2) is 42.5 Å². The van der Waals surface area contributed by atoms with Gasteiger partial charge in [0.15, 0.2) is 11.5 Å². The average Bonchev–Trinajstić information content (AvgIpc) is 2.70. The van der Waals surface area contributed by atoms with Crippen molar-refractivity contribution in [3.8, 4) is 17.2 Å². The van der Waals surface area contributed by atoms with Gasteiger partial charge in [-0.3, -0.25) is 4.79 Å². The van der Waals surface area contributed by atoms with Crippen molar-refractivity contribution >= 4 is 5.78 Å². The van der Waals surface area contributed by atoms with Gasteiger partial charge in [0.2, 0.25) is 5.78 Å². The van der Waals surface area contributed by atoms with Gasteiger partial charge in [-0.05, 0) is 30.3 Å². The molecule has 0 aliphatic carbocycles. The van der Waals surface area contributed by atoms with E-state index in [0.29, 0.717) is 17.1 Å². The SMILES string of the molecule is COc1ccc([C@@]2(OC)Oc3ccccc3C(=O)[C@@]2(O)OC)cc1OC. The Labute approximate surface area is 151 Å². The second-order valence-corrected chi connectivity index (χ2v) is 5.67. The molecule has 1 N–H and O–H groups in total. The van der Waals surface area contributed by atoms with E-state index in [1.54, 1.807) is 42.5 Å². The normalized spacial score (nSPS) is 24.6. The summed E-state index contributed by atoms with van der Waals surface area (Å²) in [5, 5.41) is 11.2. The molecule has 2 aromatic rings. The summed E-state index contributed by atoms with van der Waals surface area (Å²) in [6.45, 7) is 0. The summed E-state index contributed by atoms with van der Waals surface area (Å²) < 4.78 is 27.3. The van der Waals surface area contributed by atoms with Gasteiger partial charge in [0.05, 0.1) is 19.8 Å². The van der Waals surface area contributed by atoms with E-state index in [9.17, 15) is 9.90 Å². The maximum Gasteiger partial charge on any atom is 0.304 e. The van der Waals surface area contributed by atoms with Gasteiger partial charge in [0, 0.05) is 19.8 Å². The summed E-state index contributed by atoms with van der Waals surface area (Å²) in [5.74, 6) is -3.88. The Morgan fingerprint density at radius 3 is 2.23 bits per heavy atom. The van der Waals surface area contributed by atoms with Crippen LogP contribution in [0.3, 0.4) is 0 Å². The largest absolute Gasteiger partial charge is 0.493 e. The lowest BCUT2D eigenvalue weighted by atomic mass is 9.86. The van der Waals surface area contributed by atoms with Crippen LogP contribution in [0.2, 0.25) is 0 Å². The fraction of sp³-hybridized carbons (Fsp3) is 0.316. The topological polar surface area (TPSA) is 83.5 Å². The van der Waals surface area contributed by atoms with Crippen LogP contribution < -0.4 is 14.2 Å². The summed E-state index contributed by atoms with van der Waals surface area (Å²) in [7, 11) is 5.52. The minimum Gasteiger partial charge on any atom is -0.493 e. The van der Waals surface area contributed by atoms with E-state index in [4.69, 9.17) is 23.7 Å². The molecule has 1 aliphatic rings. The monoisotopic (exact) mass is 360 g/mol. The number of hydrogen-bond acceptors (Lipinski definition) is 7. The molecule has 0 radical (unpaired) electrons. The van der Waals surface area contributed by atoms with Gasteiger partial charge < -0.3 is 28.8 Å². The molecule has 138 valence electrons. The summed E-state index contributed by atoms with van der Waals surface area (Å²) in [6, 6.07) is 11.4. The van der Waals surface area contributed by atoms with Gasteiger partial charge in [-0.15, -0.1) is 0 Å². The third-order valence-electron chi connectivity index (χ3n) is 4.49. The number of Topliss-reactive ketones (excluding diaryl/α,β-unsaturated/α-hetero) is 1. The van der Waals surface area contributed by atoms with E-state index in [2.05, 4.69) is 0 Å². The maximum atomic E-state index is 13.0. The van der Waals surface area contributed by atoms with Crippen LogP contribution in [0.1, 0.15) is 15.9 Å². The molecule has 0 saturated carbocycles. The van der Waals surface area contributed by atoms with Crippen LogP contribution in [0.4, 0.5) is 0 Å². The Kier molecular flexibility index (Phi) is 4.62. The van der Waals surface area contributed by atoms with Crippen molar-refractivity contribution in [3.05, 3.63) is 53.6 Å². The smallest absolute Gasteiger partial charge is 0.304 e. The predicted octanol–water partition coefficient (Wildman–Crippen LogP) is 2.11. The molecular weight excluding hydrogens is 340 g/mol. The molecule has 0 aromatic heterocycles. The van der Waals surface area contributed by atoms with Crippen LogP contribution >= 0.6 is 0 Å². The Bertz CT molecular complexity index is 834. The number of rotatable bonds is 5. The number of fused-ring (bicyclic) bond motifs is 1. The first-order valence-electron chi connectivity index (χ1n) is 7.85. The maximum absolute atomic E-state index is 13.0. The molecule has 7 heteroatoms. The third-order valence-corrected chi connectivity index (χ3v) is 4.49. The fourth-order valence-corrected chi connectivity index (χ4v) is 3.12. The highest BCUT2D eigenvalue weighted by Gasteiger charge is 2.64. The lowest BCUT2D eigenvalue weighted by Gasteiger charge is -2.46. The van der Waals surface area contributed by atoms with Crippen molar-refractivity contribution in [1.29, 1.82) is 0 Å². The molecule has 0 unspecified atom stereocenters. The Morgan fingerprint density at radius 1 is 0.923 bits per heavy atom. The molecule has 2 atom stereocenters. The van der Waals surface area contributed by atoms with Crippen molar-refractivity contribution < 1.29 is 33.6 Å². The number of ketones is 1. The van der Waals surface area contributed by atoms with Crippen LogP contribution in [0, 0.1) is 0 Å². The summed E-state index contributed by atoms with van der Waals surface area (Å²) >= 11 is 0. The van der Waals surface area contributed by atoms with E-state index >= 15 is 0 Å². The first kappa shape index (κ1) is 18.2. The van der Waals surface area contributed by atoms with Gasteiger partial charge in [-0.25, -0.2) is 0 Å². The second-order valence-electron chi connectivity index (χ2n) is 5.67. The summed E-state index contributed by atoms with van der Waals surface area (Å²) in [6.07, 6.45) is 0. The standard InChI is InChI=1S/C19H20O7/c1-22-15-10-9-12(11-16(15)23-2)19(25-4)18(21,24-3)17(20)13-7-5-6-8-14(13)26-19/h5-11,21H,1-4H3/t18-,19-/m1/s1. The van der Waals surface area contributed by atoms with Crippen molar-refractivity contribution in [2.24, 2.45) is 0 Å². The molecule has 0 amide bonds. The third kappa shape index (κ3) is 2.36. The molecular formula is C19H20O7. The summed E-state index contributed by atoms with van der Waals surface area (Å²) in [4.78, 5) is 13.0. The minimum atomic E-state index is -2.41. The second kappa shape index (κ2) is 6.60. The van der Waals surface area contributed by atoms with E-state index in [0.717, 1.165) is 0 Å². The van der Waals surface area contributed by atoms with Crippen LogP contribution in [0.5, 0.6) is 17.2 Å². The highest BCUT2D eigenvalue weighted by Crippen LogP contribution is 2.48. The molecule has 2 aromatic carbocycles. The number of methoxy groups -OCH3 is 4. The van der Waals surface area contributed by atoms with E-state index in [1.807, 2.05) is 0 Å². The lowest BCUT2D eigenvalue weighted by molar-refractivity contribution is -0.346. The van der Waals surface area contributed by atoms with Crippen molar-refractivity contribution in [2.45, 2.75) is 11.6 Å². The molecule has 26 heavy (non-hydrogen) atoms. The molecule has 0 bridgehead atoms. The predicted molar refractivity (Wildman–Crippen MR) is 91.6 cm³/mol. The highest BCUT2D eigenvalue weighted by molar-refractivity contribution is 6.05. The van der Waals surface area contributed by atoms with Crippen LogP contribution in [-0.2, 0) is 15.3 Å². The van der Waals surface area contributed by atoms with Gasteiger partial charge >= 0.3 is 5.79 Å². The number of carbonyl (C=O) groups excluding carboxylic acids is 1. The molecule has 0 fully saturated rings. The van der Waals surface area contributed by atoms with Crippen LogP contribution in [-0.4, -0.2) is 45.1 Å². The van der Waals surface area contributed by atoms with Crippen LogP contribution in [0.25, 0.3) is 0 Å². The molecule has 7 nitrogen and oxygen atoms in total.